The van der Waals surface area contributed by atoms with Gasteiger partial charge in [-0.25, -0.2) is 0 Å². The third-order valence-corrected chi connectivity index (χ3v) is 4.62. The quantitative estimate of drug-likeness (QED) is 0.797. The first kappa shape index (κ1) is 13.9. The van der Waals surface area contributed by atoms with Crippen molar-refractivity contribution < 1.29 is 4.74 Å². The highest BCUT2D eigenvalue weighted by molar-refractivity contribution is 5.15. The second-order valence-electron chi connectivity index (χ2n) is 6.27. The number of rotatable bonds is 5. The van der Waals surface area contributed by atoms with E-state index >= 15 is 0 Å². The molecule has 1 saturated carbocycles. The standard InChI is InChI=1S/C16H29NO/c1-3-11-17-15(14-8-7-12-18-13-14)16(2)9-5-4-6-10-16/h13,15,17H,3-12H2,1-2H3. The van der Waals surface area contributed by atoms with Crippen molar-refractivity contribution in [2.45, 2.75) is 71.3 Å². The minimum atomic E-state index is 0.444. The van der Waals surface area contributed by atoms with Crippen molar-refractivity contribution >= 4 is 0 Å². The number of hydrogen-bond donors (Lipinski definition) is 1. The smallest absolute Gasteiger partial charge is 0.0876 e. The maximum Gasteiger partial charge on any atom is 0.0876 e. The van der Waals surface area contributed by atoms with Gasteiger partial charge in [0.15, 0.2) is 0 Å². The Balaban J connectivity index is 2.09. The SMILES string of the molecule is CCCNC(C1=COCCC1)C1(C)CCCCC1. The van der Waals surface area contributed by atoms with Crippen LogP contribution in [-0.2, 0) is 4.74 Å². The molecule has 0 aromatic rings. The molecule has 0 amide bonds. The highest BCUT2D eigenvalue weighted by Crippen LogP contribution is 2.42. The molecule has 1 aliphatic carbocycles. The van der Waals surface area contributed by atoms with Crippen molar-refractivity contribution in [1.82, 2.24) is 5.32 Å². The zero-order valence-corrected chi connectivity index (χ0v) is 12.1. The molecule has 0 aromatic heterocycles. The van der Waals surface area contributed by atoms with E-state index < -0.39 is 0 Å². The molecule has 0 saturated heterocycles. The lowest BCUT2D eigenvalue weighted by Crippen LogP contribution is -2.46. The molecule has 1 fully saturated rings. The van der Waals surface area contributed by atoms with Crippen molar-refractivity contribution in [2.75, 3.05) is 13.2 Å². The van der Waals surface area contributed by atoms with E-state index in [9.17, 15) is 0 Å². The highest BCUT2D eigenvalue weighted by Gasteiger charge is 2.37. The Labute approximate surface area is 112 Å². The Bertz CT molecular complexity index is 279. The van der Waals surface area contributed by atoms with Gasteiger partial charge in [-0.1, -0.05) is 33.1 Å². The molecule has 2 aliphatic rings. The molecule has 2 rings (SSSR count). The summed E-state index contributed by atoms with van der Waals surface area (Å²) in [6.07, 6.45) is 12.6. The molecule has 0 bridgehead atoms. The van der Waals surface area contributed by atoms with Crippen molar-refractivity contribution in [3.8, 4) is 0 Å². The Morgan fingerprint density at radius 1 is 1.28 bits per heavy atom. The summed E-state index contributed by atoms with van der Waals surface area (Å²) in [5, 5.41) is 3.80. The maximum absolute atomic E-state index is 5.58. The van der Waals surface area contributed by atoms with Crippen molar-refractivity contribution in [3.05, 3.63) is 11.8 Å². The molecule has 1 unspecified atom stereocenters. The van der Waals surface area contributed by atoms with Crippen LogP contribution in [-0.4, -0.2) is 19.2 Å². The summed E-state index contributed by atoms with van der Waals surface area (Å²) < 4.78 is 5.58. The van der Waals surface area contributed by atoms with E-state index in [4.69, 9.17) is 4.74 Å². The van der Waals surface area contributed by atoms with Gasteiger partial charge in [0.25, 0.3) is 0 Å². The average molecular weight is 251 g/mol. The summed E-state index contributed by atoms with van der Waals surface area (Å²) in [6, 6.07) is 0.540. The van der Waals surface area contributed by atoms with Crippen LogP contribution in [0.1, 0.15) is 65.2 Å². The van der Waals surface area contributed by atoms with E-state index in [0.717, 1.165) is 13.2 Å². The monoisotopic (exact) mass is 251 g/mol. The largest absolute Gasteiger partial charge is 0.501 e. The van der Waals surface area contributed by atoms with Crippen LogP contribution in [0.5, 0.6) is 0 Å². The van der Waals surface area contributed by atoms with Gasteiger partial charge < -0.3 is 10.1 Å². The molecule has 1 atom stereocenters. The highest BCUT2D eigenvalue weighted by atomic mass is 16.5. The van der Waals surface area contributed by atoms with E-state index in [2.05, 4.69) is 25.4 Å². The Morgan fingerprint density at radius 3 is 2.67 bits per heavy atom. The van der Waals surface area contributed by atoms with Crippen molar-refractivity contribution in [1.29, 1.82) is 0 Å². The zero-order chi connectivity index (χ0) is 12.8. The molecule has 0 radical (unpaired) electrons. The average Bonchev–Trinajstić information content (AvgIpc) is 2.41. The first-order chi connectivity index (χ1) is 8.76. The maximum atomic E-state index is 5.58. The Kier molecular flexibility index (Phi) is 5.11. The second-order valence-corrected chi connectivity index (χ2v) is 6.27. The van der Waals surface area contributed by atoms with Crippen LogP contribution in [0.25, 0.3) is 0 Å². The third kappa shape index (κ3) is 3.28. The van der Waals surface area contributed by atoms with E-state index in [-0.39, 0.29) is 0 Å². The predicted octanol–water partition coefficient (Wildman–Crippen LogP) is 4.02. The molecule has 104 valence electrons. The van der Waals surface area contributed by atoms with Crippen LogP contribution in [0.15, 0.2) is 11.8 Å². The molecule has 1 N–H and O–H groups in total. The fourth-order valence-electron chi connectivity index (χ4n) is 3.56. The molecule has 2 heteroatoms. The van der Waals surface area contributed by atoms with Crippen LogP contribution in [0.3, 0.4) is 0 Å². The lowest BCUT2D eigenvalue weighted by atomic mass is 9.68. The summed E-state index contributed by atoms with van der Waals surface area (Å²) in [5.41, 5.74) is 1.96. The fraction of sp³-hybridized carbons (Fsp3) is 0.875. The Hall–Kier alpha value is -0.500. The molecular weight excluding hydrogens is 222 g/mol. The second kappa shape index (κ2) is 6.60. The van der Waals surface area contributed by atoms with Crippen LogP contribution in [0.2, 0.25) is 0 Å². The number of hydrogen-bond acceptors (Lipinski definition) is 2. The number of nitrogens with one attached hydrogen (secondary N) is 1. The van der Waals surface area contributed by atoms with Gasteiger partial charge in [0.1, 0.15) is 0 Å². The molecule has 1 heterocycles. The molecule has 0 aromatic carbocycles. The van der Waals surface area contributed by atoms with E-state index in [1.165, 1.54) is 56.9 Å². The van der Waals surface area contributed by atoms with Gasteiger partial charge in [-0.2, -0.15) is 0 Å². The van der Waals surface area contributed by atoms with Gasteiger partial charge in [0.2, 0.25) is 0 Å². The van der Waals surface area contributed by atoms with Crippen LogP contribution < -0.4 is 5.32 Å². The number of ether oxygens (including phenoxy) is 1. The Morgan fingerprint density at radius 2 is 2.06 bits per heavy atom. The van der Waals surface area contributed by atoms with E-state index in [1.54, 1.807) is 0 Å². The topological polar surface area (TPSA) is 21.3 Å². The summed E-state index contributed by atoms with van der Waals surface area (Å²) in [4.78, 5) is 0. The van der Waals surface area contributed by atoms with Crippen LogP contribution in [0.4, 0.5) is 0 Å². The first-order valence-corrected chi connectivity index (χ1v) is 7.80. The molecular formula is C16H29NO. The minimum Gasteiger partial charge on any atom is -0.501 e. The van der Waals surface area contributed by atoms with Crippen molar-refractivity contribution in [2.24, 2.45) is 5.41 Å². The third-order valence-electron chi connectivity index (χ3n) is 4.62. The van der Waals surface area contributed by atoms with Gasteiger partial charge in [0, 0.05) is 6.04 Å². The van der Waals surface area contributed by atoms with Gasteiger partial charge in [-0.3, -0.25) is 0 Å². The molecule has 1 aliphatic heterocycles. The summed E-state index contributed by atoms with van der Waals surface area (Å²) >= 11 is 0. The normalized spacial score (nSPS) is 25.1. The molecule has 2 nitrogen and oxygen atoms in total. The van der Waals surface area contributed by atoms with Crippen LogP contribution in [0, 0.1) is 5.41 Å². The van der Waals surface area contributed by atoms with Crippen LogP contribution >= 0.6 is 0 Å². The molecule has 18 heavy (non-hydrogen) atoms. The summed E-state index contributed by atoms with van der Waals surface area (Å²) in [7, 11) is 0. The van der Waals surface area contributed by atoms with Gasteiger partial charge in [-0.15, -0.1) is 0 Å². The minimum absolute atomic E-state index is 0.444. The zero-order valence-electron chi connectivity index (χ0n) is 12.1. The predicted molar refractivity (Wildman–Crippen MR) is 76.5 cm³/mol. The fourth-order valence-corrected chi connectivity index (χ4v) is 3.56. The lowest BCUT2D eigenvalue weighted by Gasteiger charge is -2.43. The van der Waals surface area contributed by atoms with Gasteiger partial charge in [0.05, 0.1) is 12.9 Å². The van der Waals surface area contributed by atoms with Gasteiger partial charge >= 0.3 is 0 Å². The molecule has 0 spiro atoms. The lowest BCUT2D eigenvalue weighted by molar-refractivity contribution is 0.146. The van der Waals surface area contributed by atoms with Gasteiger partial charge in [-0.05, 0) is 49.6 Å². The van der Waals surface area contributed by atoms with Crippen molar-refractivity contribution in [3.63, 3.8) is 0 Å². The first-order valence-electron chi connectivity index (χ1n) is 7.80. The van der Waals surface area contributed by atoms with E-state index in [1.807, 2.05) is 0 Å². The van der Waals surface area contributed by atoms with E-state index in [0.29, 0.717) is 11.5 Å². The summed E-state index contributed by atoms with van der Waals surface area (Å²) in [6.45, 7) is 6.76. The summed E-state index contributed by atoms with van der Waals surface area (Å²) in [5.74, 6) is 0.